The van der Waals surface area contributed by atoms with E-state index >= 15 is 0 Å². The molecular formula is C11H18N2. The maximum absolute atomic E-state index is 5.48. The Morgan fingerprint density at radius 3 is 2.69 bits per heavy atom. The van der Waals surface area contributed by atoms with Crippen LogP contribution in [0, 0.1) is 6.92 Å². The third-order valence-corrected chi connectivity index (χ3v) is 2.15. The van der Waals surface area contributed by atoms with Gasteiger partial charge in [0.1, 0.15) is 0 Å². The molecule has 72 valence electrons. The van der Waals surface area contributed by atoms with Gasteiger partial charge in [-0.15, -0.1) is 0 Å². The van der Waals surface area contributed by atoms with Crippen LogP contribution in [0.15, 0.2) is 24.3 Å². The number of rotatable bonds is 4. The summed E-state index contributed by atoms with van der Waals surface area (Å²) in [5.41, 5.74) is 7.98. The molecule has 0 spiro atoms. The summed E-state index contributed by atoms with van der Waals surface area (Å²) in [6, 6.07) is 8.75. The molecule has 0 heterocycles. The Kier molecular flexibility index (Phi) is 3.77. The van der Waals surface area contributed by atoms with Crippen molar-refractivity contribution in [3.8, 4) is 0 Å². The second kappa shape index (κ2) is 4.87. The second-order valence-corrected chi connectivity index (χ2v) is 3.44. The van der Waals surface area contributed by atoms with Crippen molar-refractivity contribution in [1.29, 1.82) is 0 Å². The Morgan fingerprint density at radius 1 is 1.38 bits per heavy atom. The van der Waals surface area contributed by atoms with Gasteiger partial charge in [0, 0.05) is 11.7 Å². The monoisotopic (exact) mass is 178 g/mol. The zero-order chi connectivity index (χ0) is 9.68. The number of hydrogen-bond donors (Lipinski definition) is 2. The standard InChI is InChI=1S/C11H18N2/c1-9-5-3-4-6-11(9)13-10(2)7-8-12/h3-6,10,13H,7-8,12H2,1-2H3. The van der Waals surface area contributed by atoms with Gasteiger partial charge in [-0.3, -0.25) is 0 Å². The highest BCUT2D eigenvalue weighted by atomic mass is 14.9. The Morgan fingerprint density at radius 2 is 2.08 bits per heavy atom. The van der Waals surface area contributed by atoms with E-state index in [0.29, 0.717) is 6.04 Å². The highest BCUT2D eigenvalue weighted by molar-refractivity contribution is 5.50. The van der Waals surface area contributed by atoms with Crippen LogP contribution in [0.2, 0.25) is 0 Å². The number of nitrogens with two attached hydrogens (primary N) is 1. The molecule has 0 bridgehead atoms. The fourth-order valence-electron chi connectivity index (χ4n) is 1.32. The molecule has 0 aliphatic heterocycles. The van der Waals surface area contributed by atoms with Gasteiger partial charge in [-0.1, -0.05) is 18.2 Å². The third-order valence-electron chi connectivity index (χ3n) is 2.15. The molecule has 13 heavy (non-hydrogen) atoms. The predicted molar refractivity (Wildman–Crippen MR) is 57.9 cm³/mol. The van der Waals surface area contributed by atoms with Crippen LogP contribution in [0.3, 0.4) is 0 Å². The van der Waals surface area contributed by atoms with E-state index in [9.17, 15) is 0 Å². The molecule has 2 heteroatoms. The maximum atomic E-state index is 5.48. The van der Waals surface area contributed by atoms with E-state index in [1.165, 1.54) is 11.3 Å². The van der Waals surface area contributed by atoms with E-state index in [1.54, 1.807) is 0 Å². The minimum atomic E-state index is 0.450. The molecular weight excluding hydrogens is 160 g/mol. The third kappa shape index (κ3) is 3.07. The molecule has 0 amide bonds. The molecule has 1 aromatic rings. The predicted octanol–water partition coefficient (Wildman–Crippen LogP) is 2.14. The van der Waals surface area contributed by atoms with Gasteiger partial charge in [0.05, 0.1) is 0 Å². The fourth-order valence-corrected chi connectivity index (χ4v) is 1.32. The molecule has 3 N–H and O–H groups in total. The summed E-state index contributed by atoms with van der Waals surface area (Å²) in [4.78, 5) is 0. The summed E-state index contributed by atoms with van der Waals surface area (Å²) in [5.74, 6) is 0. The van der Waals surface area contributed by atoms with Crippen LogP contribution in [0.4, 0.5) is 5.69 Å². The van der Waals surface area contributed by atoms with E-state index in [1.807, 2.05) is 12.1 Å². The molecule has 1 atom stereocenters. The average molecular weight is 178 g/mol. The Bertz CT molecular complexity index is 258. The lowest BCUT2D eigenvalue weighted by Crippen LogP contribution is -2.19. The second-order valence-electron chi connectivity index (χ2n) is 3.44. The summed E-state index contributed by atoms with van der Waals surface area (Å²) in [6.45, 7) is 5.00. The van der Waals surface area contributed by atoms with Crippen molar-refractivity contribution in [2.45, 2.75) is 26.3 Å². The quantitative estimate of drug-likeness (QED) is 0.741. The van der Waals surface area contributed by atoms with Crippen molar-refractivity contribution in [3.05, 3.63) is 29.8 Å². The highest BCUT2D eigenvalue weighted by Gasteiger charge is 2.01. The van der Waals surface area contributed by atoms with Crippen LogP contribution in [0.1, 0.15) is 18.9 Å². The molecule has 0 fully saturated rings. The first-order valence-corrected chi connectivity index (χ1v) is 4.76. The minimum absolute atomic E-state index is 0.450. The van der Waals surface area contributed by atoms with Gasteiger partial charge in [0.15, 0.2) is 0 Å². The Balaban J connectivity index is 2.58. The first-order chi connectivity index (χ1) is 6.24. The number of aryl methyl sites for hydroxylation is 1. The smallest absolute Gasteiger partial charge is 0.0371 e. The van der Waals surface area contributed by atoms with E-state index in [0.717, 1.165) is 13.0 Å². The van der Waals surface area contributed by atoms with Crippen LogP contribution in [0.5, 0.6) is 0 Å². The normalized spacial score (nSPS) is 12.5. The molecule has 0 radical (unpaired) electrons. The lowest BCUT2D eigenvalue weighted by molar-refractivity contribution is 0.716. The van der Waals surface area contributed by atoms with Crippen molar-refractivity contribution < 1.29 is 0 Å². The van der Waals surface area contributed by atoms with Gasteiger partial charge in [0.2, 0.25) is 0 Å². The first kappa shape index (κ1) is 10.1. The lowest BCUT2D eigenvalue weighted by atomic mass is 10.1. The van der Waals surface area contributed by atoms with Crippen LogP contribution in [0.25, 0.3) is 0 Å². The number of anilines is 1. The topological polar surface area (TPSA) is 38.0 Å². The van der Waals surface area contributed by atoms with E-state index < -0.39 is 0 Å². The summed E-state index contributed by atoms with van der Waals surface area (Å²) in [7, 11) is 0. The van der Waals surface area contributed by atoms with Gasteiger partial charge < -0.3 is 11.1 Å². The van der Waals surface area contributed by atoms with Gasteiger partial charge in [-0.05, 0) is 38.4 Å². The number of para-hydroxylation sites is 1. The summed E-state index contributed by atoms with van der Waals surface area (Å²) >= 11 is 0. The zero-order valence-corrected chi connectivity index (χ0v) is 8.38. The van der Waals surface area contributed by atoms with Crippen LogP contribution in [-0.4, -0.2) is 12.6 Å². The fraction of sp³-hybridized carbons (Fsp3) is 0.455. The van der Waals surface area contributed by atoms with Crippen molar-refractivity contribution in [3.63, 3.8) is 0 Å². The molecule has 0 saturated heterocycles. The number of hydrogen-bond acceptors (Lipinski definition) is 2. The minimum Gasteiger partial charge on any atom is -0.382 e. The number of nitrogens with one attached hydrogen (secondary N) is 1. The van der Waals surface area contributed by atoms with Crippen molar-refractivity contribution >= 4 is 5.69 Å². The molecule has 1 rings (SSSR count). The molecule has 0 aliphatic carbocycles. The number of benzene rings is 1. The molecule has 2 nitrogen and oxygen atoms in total. The van der Waals surface area contributed by atoms with Gasteiger partial charge in [0.25, 0.3) is 0 Å². The Labute approximate surface area is 80.1 Å². The molecule has 0 aromatic heterocycles. The summed E-state index contributed by atoms with van der Waals surface area (Å²) in [6.07, 6.45) is 1.01. The Hall–Kier alpha value is -1.02. The van der Waals surface area contributed by atoms with E-state index in [-0.39, 0.29) is 0 Å². The SMILES string of the molecule is Cc1ccccc1NC(C)CCN. The maximum Gasteiger partial charge on any atom is 0.0371 e. The average Bonchev–Trinajstić information content (AvgIpc) is 2.09. The van der Waals surface area contributed by atoms with Crippen LogP contribution < -0.4 is 11.1 Å². The van der Waals surface area contributed by atoms with Crippen molar-refractivity contribution in [1.82, 2.24) is 0 Å². The van der Waals surface area contributed by atoms with Crippen LogP contribution >= 0.6 is 0 Å². The van der Waals surface area contributed by atoms with E-state index in [2.05, 4.69) is 31.3 Å². The van der Waals surface area contributed by atoms with Gasteiger partial charge >= 0.3 is 0 Å². The molecule has 0 saturated carbocycles. The lowest BCUT2D eigenvalue weighted by Gasteiger charge is -2.15. The summed E-state index contributed by atoms with van der Waals surface area (Å²) < 4.78 is 0. The zero-order valence-electron chi connectivity index (χ0n) is 8.38. The molecule has 0 aliphatic rings. The van der Waals surface area contributed by atoms with E-state index in [4.69, 9.17) is 5.73 Å². The van der Waals surface area contributed by atoms with Crippen LogP contribution in [-0.2, 0) is 0 Å². The molecule has 1 unspecified atom stereocenters. The molecule has 1 aromatic carbocycles. The van der Waals surface area contributed by atoms with Gasteiger partial charge in [-0.2, -0.15) is 0 Å². The summed E-state index contributed by atoms with van der Waals surface area (Å²) in [5, 5.41) is 3.43. The van der Waals surface area contributed by atoms with Crippen molar-refractivity contribution in [2.24, 2.45) is 5.73 Å². The van der Waals surface area contributed by atoms with Gasteiger partial charge in [-0.25, -0.2) is 0 Å². The highest BCUT2D eigenvalue weighted by Crippen LogP contribution is 2.14. The largest absolute Gasteiger partial charge is 0.382 e. The van der Waals surface area contributed by atoms with Crippen molar-refractivity contribution in [2.75, 3.05) is 11.9 Å². The first-order valence-electron chi connectivity index (χ1n) is 4.76.